The van der Waals surface area contributed by atoms with Crippen molar-refractivity contribution < 1.29 is 4.79 Å². The van der Waals surface area contributed by atoms with E-state index < -0.39 is 0 Å². The first-order valence-corrected chi connectivity index (χ1v) is 5.69. The van der Waals surface area contributed by atoms with Crippen molar-refractivity contribution >= 4 is 17.1 Å². The van der Waals surface area contributed by atoms with E-state index in [0.29, 0.717) is 13.0 Å². The Morgan fingerprint density at radius 1 is 1.71 bits per heavy atom. The van der Waals surface area contributed by atoms with Gasteiger partial charge in [0.1, 0.15) is 10.8 Å². The van der Waals surface area contributed by atoms with E-state index in [4.69, 9.17) is 5.73 Å². The topological polar surface area (TPSA) is 56.0 Å². The molecule has 1 heterocycles. The van der Waals surface area contributed by atoms with Crippen LogP contribution in [0.25, 0.3) is 0 Å². The van der Waals surface area contributed by atoms with Gasteiger partial charge in [0.2, 0.25) is 0 Å². The van der Waals surface area contributed by atoms with E-state index in [9.17, 15) is 4.79 Å². The number of nitrogens with two attached hydrogens (primary N) is 1. The predicted octanol–water partition coefficient (Wildman–Crippen LogP) is 1.55. The number of aromatic nitrogens is 1. The Hall–Kier alpha value is -0.740. The molecule has 4 heteroatoms. The number of hydrogen-bond donors (Lipinski definition) is 1. The van der Waals surface area contributed by atoms with Gasteiger partial charge in [-0.1, -0.05) is 6.92 Å². The van der Waals surface area contributed by atoms with Gasteiger partial charge in [0.15, 0.2) is 0 Å². The lowest BCUT2D eigenvalue weighted by Gasteiger charge is -2.08. The third-order valence-electron chi connectivity index (χ3n) is 2.22. The lowest BCUT2D eigenvalue weighted by molar-refractivity contribution is -0.122. The average Bonchev–Trinajstić information content (AvgIpc) is 2.53. The molecule has 14 heavy (non-hydrogen) atoms. The monoisotopic (exact) mass is 212 g/mol. The summed E-state index contributed by atoms with van der Waals surface area (Å²) in [7, 11) is 0. The van der Waals surface area contributed by atoms with Crippen molar-refractivity contribution in [2.45, 2.75) is 26.7 Å². The van der Waals surface area contributed by atoms with Gasteiger partial charge in [-0.15, -0.1) is 11.3 Å². The number of Topliss-reactive ketones (excluding diaryl/α,β-unsaturated/α-hetero) is 1. The quantitative estimate of drug-likeness (QED) is 0.805. The number of carbonyl (C=O) groups excluding carboxylic acids is 1. The first kappa shape index (κ1) is 11.3. The summed E-state index contributed by atoms with van der Waals surface area (Å²) in [5.41, 5.74) is 6.49. The van der Waals surface area contributed by atoms with Crippen LogP contribution in [0, 0.1) is 12.8 Å². The minimum atomic E-state index is -0.000735. The Balaban J connectivity index is 2.56. The van der Waals surface area contributed by atoms with Crippen molar-refractivity contribution in [3.8, 4) is 0 Å². The summed E-state index contributed by atoms with van der Waals surface area (Å²) in [4.78, 5) is 15.9. The van der Waals surface area contributed by atoms with Crippen LogP contribution in [0.5, 0.6) is 0 Å². The zero-order chi connectivity index (χ0) is 10.6. The first-order valence-electron chi connectivity index (χ1n) is 4.81. The molecular weight excluding hydrogens is 196 g/mol. The van der Waals surface area contributed by atoms with Crippen molar-refractivity contribution in [1.29, 1.82) is 0 Å². The molecule has 1 aromatic rings. The highest BCUT2D eigenvalue weighted by molar-refractivity contribution is 7.09. The first-order chi connectivity index (χ1) is 6.67. The lowest BCUT2D eigenvalue weighted by atomic mass is 9.99. The minimum absolute atomic E-state index is 0.000735. The summed E-state index contributed by atoms with van der Waals surface area (Å²) in [6, 6.07) is 0. The third-order valence-corrected chi connectivity index (χ3v) is 3.19. The molecule has 0 spiro atoms. The van der Waals surface area contributed by atoms with Crippen LogP contribution in [0.3, 0.4) is 0 Å². The SMILES string of the molecule is CCC(CN)C(=O)Cc1nc(C)cs1. The van der Waals surface area contributed by atoms with Gasteiger partial charge in [-0.25, -0.2) is 4.98 Å². The van der Waals surface area contributed by atoms with E-state index in [-0.39, 0.29) is 11.7 Å². The van der Waals surface area contributed by atoms with Gasteiger partial charge in [0, 0.05) is 23.5 Å². The number of carbonyl (C=O) groups is 1. The van der Waals surface area contributed by atoms with Gasteiger partial charge < -0.3 is 5.73 Å². The second-order valence-electron chi connectivity index (χ2n) is 3.37. The molecule has 0 amide bonds. The number of ketones is 1. The highest BCUT2D eigenvalue weighted by Gasteiger charge is 2.16. The van der Waals surface area contributed by atoms with Gasteiger partial charge in [-0.05, 0) is 13.3 Å². The van der Waals surface area contributed by atoms with Crippen LogP contribution in [0.4, 0.5) is 0 Å². The van der Waals surface area contributed by atoms with E-state index >= 15 is 0 Å². The van der Waals surface area contributed by atoms with E-state index in [1.807, 2.05) is 19.2 Å². The van der Waals surface area contributed by atoms with E-state index in [2.05, 4.69) is 4.98 Å². The molecule has 1 rings (SSSR count). The zero-order valence-electron chi connectivity index (χ0n) is 8.62. The van der Waals surface area contributed by atoms with Crippen LogP contribution >= 0.6 is 11.3 Å². The highest BCUT2D eigenvalue weighted by atomic mass is 32.1. The van der Waals surface area contributed by atoms with Crippen molar-refractivity contribution in [3.05, 3.63) is 16.1 Å². The van der Waals surface area contributed by atoms with Gasteiger partial charge in [-0.2, -0.15) is 0 Å². The van der Waals surface area contributed by atoms with Gasteiger partial charge in [0.25, 0.3) is 0 Å². The summed E-state index contributed by atoms with van der Waals surface area (Å²) in [6.07, 6.45) is 1.26. The Morgan fingerprint density at radius 3 is 2.86 bits per heavy atom. The van der Waals surface area contributed by atoms with Gasteiger partial charge in [0.05, 0.1) is 6.42 Å². The summed E-state index contributed by atoms with van der Waals surface area (Å²) in [5.74, 6) is 0.212. The number of rotatable bonds is 5. The Morgan fingerprint density at radius 2 is 2.43 bits per heavy atom. The standard InChI is InChI=1S/C10H16N2OS/c1-3-8(5-11)9(13)4-10-12-7(2)6-14-10/h6,8H,3-5,11H2,1-2H3. The molecule has 3 nitrogen and oxygen atoms in total. The van der Waals surface area contributed by atoms with Crippen LogP contribution in [0.15, 0.2) is 5.38 Å². The number of aryl methyl sites for hydroxylation is 1. The van der Waals surface area contributed by atoms with E-state index in [1.165, 1.54) is 0 Å². The summed E-state index contributed by atoms with van der Waals surface area (Å²) < 4.78 is 0. The fraction of sp³-hybridized carbons (Fsp3) is 0.600. The largest absolute Gasteiger partial charge is 0.330 e. The molecule has 78 valence electrons. The normalized spacial score (nSPS) is 12.8. The van der Waals surface area contributed by atoms with Crippen LogP contribution in [-0.4, -0.2) is 17.3 Å². The van der Waals surface area contributed by atoms with Crippen molar-refractivity contribution in [2.75, 3.05) is 6.54 Å². The minimum Gasteiger partial charge on any atom is -0.330 e. The maximum Gasteiger partial charge on any atom is 0.144 e. The molecule has 0 fully saturated rings. The molecule has 0 aliphatic rings. The Labute approximate surface area is 88.3 Å². The maximum absolute atomic E-state index is 11.7. The number of thiazole rings is 1. The molecular formula is C10H16N2OS. The third kappa shape index (κ3) is 2.89. The van der Waals surface area contributed by atoms with Crippen molar-refractivity contribution in [2.24, 2.45) is 11.7 Å². The number of hydrogen-bond acceptors (Lipinski definition) is 4. The number of nitrogens with zero attached hydrogens (tertiary/aromatic N) is 1. The molecule has 2 N–H and O–H groups in total. The fourth-order valence-corrected chi connectivity index (χ4v) is 2.08. The predicted molar refractivity (Wildman–Crippen MR) is 58.4 cm³/mol. The molecule has 1 aromatic heterocycles. The molecule has 0 aliphatic carbocycles. The molecule has 1 unspecified atom stereocenters. The average molecular weight is 212 g/mol. The van der Waals surface area contributed by atoms with Crippen molar-refractivity contribution in [3.63, 3.8) is 0 Å². The van der Waals surface area contributed by atoms with Crippen molar-refractivity contribution in [1.82, 2.24) is 4.98 Å². The molecule has 0 saturated carbocycles. The van der Waals surface area contributed by atoms with Crippen LogP contribution in [0.1, 0.15) is 24.0 Å². The van der Waals surface area contributed by atoms with E-state index in [0.717, 1.165) is 17.1 Å². The molecule has 0 radical (unpaired) electrons. The van der Waals surface area contributed by atoms with Gasteiger partial charge >= 0.3 is 0 Å². The fourth-order valence-electron chi connectivity index (χ4n) is 1.30. The zero-order valence-corrected chi connectivity index (χ0v) is 9.43. The highest BCUT2D eigenvalue weighted by Crippen LogP contribution is 2.13. The smallest absolute Gasteiger partial charge is 0.144 e. The summed E-state index contributed by atoms with van der Waals surface area (Å²) in [5, 5.41) is 2.87. The lowest BCUT2D eigenvalue weighted by Crippen LogP contribution is -2.24. The Bertz CT molecular complexity index is 305. The van der Waals surface area contributed by atoms with Gasteiger partial charge in [-0.3, -0.25) is 4.79 Å². The summed E-state index contributed by atoms with van der Waals surface area (Å²) in [6.45, 7) is 4.37. The van der Waals surface area contributed by atoms with Crippen LogP contribution in [0.2, 0.25) is 0 Å². The maximum atomic E-state index is 11.7. The molecule has 0 bridgehead atoms. The second-order valence-corrected chi connectivity index (χ2v) is 4.31. The second kappa shape index (κ2) is 5.22. The van der Waals surface area contributed by atoms with Crippen LogP contribution < -0.4 is 5.73 Å². The molecule has 0 aromatic carbocycles. The summed E-state index contributed by atoms with van der Waals surface area (Å²) >= 11 is 1.54. The molecule has 1 atom stereocenters. The van der Waals surface area contributed by atoms with E-state index in [1.54, 1.807) is 11.3 Å². The molecule has 0 saturated heterocycles. The molecule has 0 aliphatic heterocycles. The Kier molecular flexibility index (Phi) is 4.22. The van der Waals surface area contributed by atoms with Crippen LogP contribution in [-0.2, 0) is 11.2 Å².